The first kappa shape index (κ1) is 9.06. The van der Waals surface area contributed by atoms with Crippen LogP contribution < -0.4 is 10.6 Å². The maximum absolute atomic E-state index is 11.1. The molecule has 0 spiro atoms. The van der Waals surface area contributed by atoms with Crippen LogP contribution >= 0.6 is 11.3 Å². The molecule has 1 aromatic rings. The molecule has 66 valence electrons. The van der Waals surface area contributed by atoms with Crippen molar-refractivity contribution in [3.63, 3.8) is 0 Å². The minimum atomic E-state index is -0.173. The number of hydrogen-bond donors (Lipinski definition) is 2. The molecule has 0 aliphatic heterocycles. The molecule has 3 nitrogen and oxygen atoms in total. The van der Waals surface area contributed by atoms with Gasteiger partial charge in [0.15, 0.2) is 0 Å². The number of carbonyl (C=O) groups excluding carboxylic acids is 1. The molecule has 0 saturated heterocycles. The molecule has 1 amide bonds. The lowest BCUT2D eigenvalue weighted by molar-refractivity contribution is -0.121. The minimum absolute atomic E-state index is 0.00315. The first-order valence-corrected chi connectivity index (χ1v) is 4.63. The molecule has 2 N–H and O–H groups in total. The molecule has 0 unspecified atom stereocenters. The number of anilines is 1. The van der Waals surface area contributed by atoms with Crippen LogP contribution in [0.15, 0.2) is 17.5 Å². The van der Waals surface area contributed by atoms with Crippen molar-refractivity contribution in [2.45, 2.75) is 13.0 Å². The molecular formula is C8H12N2OS. The van der Waals surface area contributed by atoms with Crippen molar-refractivity contribution < 1.29 is 4.79 Å². The summed E-state index contributed by atoms with van der Waals surface area (Å²) in [6, 6.07) is 3.72. The summed E-state index contributed by atoms with van der Waals surface area (Å²) < 4.78 is 0. The van der Waals surface area contributed by atoms with Gasteiger partial charge in [0.25, 0.3) is 0 Å². The van der Waals surface area contributed by atoms with E-state index < -0.39 is 0 Å². The van der Waals surface area contributed by atoms with Gasteiger partial charge in [-0.2, -0.15) is 0 Å². The van der Waals surface area contributed by atoms with Gasteiger partial charge in [0, 0.05) is 7.05 Å². The third-order valence-corrected chi connectivity index (χ3v) is 2.32. The summed E-state index contributed by atoms with van der Waals surface area (Å²) in [5, 5.41) is 8.65. The van der Waals surface area contributed by atoms with Gasteiger partial charge in [-0.25, -0.2) is 0 Å². The standard InChI is InChI=1S/C8H12N2OS/c1-6(8(11)9-2)10-7-4-3-5-12-7/h3-6,10H,1-2H3,(H,9,11)/t6-/m0/s1. The molecule has 1 aromatic heterocycles. The number of rotatable bonds is 3. The quantitative estimate of drug-likeness (QED) is 0.743. The smallest absolute Gasteiger partial charge is 0.241 e. The molecule has 0 aliphatic carbocycles. The SMILES string of the molecule is CNC(=O)[C@H](C)Nc1cccs1. The number of thiophene rings is 1. The summed E-state index contributed by atoms with van der Waals surface area (Å²) in [5.41, 5.74) is 0. The fourth-order valence-corrected chi connectivity index (χ4v) is 1.56. The van der Waals surface area contributed by atoms with Crippen molar-refractivity contribution in [3.8, 4) is 0 Å². The van der Waals surface area contributed by atoms with Crippen LogP contribution in [0.4, 0.5) is 5.00 Å². The van der Waals surface area contributed by atoms with Gasteiger partial charge in [-0.15, -0.1) is 11.3 Å². The number of likely N-dealkylation sites (N-methyl/N-ethyl adjacent to an activating group) is 1. The van der Waals surface area contributed by atoms with Crippen LogP contribution in [-0.4, -0.2) is 19.0 Å². The van der Waals surface area contributed by atoms with E-state index in [0.29, 0.717) is 0 Å². The van der Waals surface area contributed by atoms with E-state index in [-0.39, 0.29) is 11.9 Å². The summed E-state index contributed by atoms with van der Waals surface area (Å²) in [6.07, 6.45) is 0. The number of amides is 1. The lowest BCUT2D eigenvalue weighted by Gasteiger charge is -2.10. The van der Waals surface area contributed by atoms with E-state index in [0.717, 1.165) is 5.00 Å². The molecule has 1 heterocycles. The predicted molar refractivity (Wildman–Crippen MR) is 51.5 cm³/mol. The highest BCUT2D eigenvalue weighted by Crippen LogP contribution is 2.15. The molecule has 0 bridgehead atoms. The van der Waals surface area contributed by atoms with Gasteiger partial charge in [-0.3, -0.25) is 4.79 Å². The van der Waals surface area contributed by atoms with Gasteiger partial charge in [0.1, 0.15) is 6.04 Å². The van der Waals surface area contributed by atoms with E-state index in [4.69, 9.17) is 0 Å². The van der Waals surface area contributed by atoms with Gasteiger partial charge >= 0.3 is 0 Å². The molecule has 1 atom stereocenters. The Morgan fingerprint density at radius 2 is 2.42 bits per heavy atom. The zero-order chi connectivity index (χ0) is 8.97. The fourth-order valence-electron chi connectivity index (χ4n) is 0.856. The van der Waals surface area contributed by atoms with Crippen molar-refractivity contribution in [1.29, 1.82) is 0 Å². The molecule has 0 aromatic carbocycles. The Morgan fingerprint density at radius 3 is 2.92 bits per heavy atom. The number of carbonyl (C=O) groups is 1. The van der Waals surface area contributed by atoms with Gasteiger partial charge in [0.05, 0.1) is 5.00 Å². The van der Waals surface area contributed by atoms with Gasteiger partial charge in [-0.1, -0.05) is 0 Å². The monoisotopic (exact) mass is 184 g/mol. The van der Waals surface area contributed by atoms with E-state index in [1.807, 2.05) is 24.4 Å². The molecule has 4 heteroatoms. The Labute approximate surface area is 75.8 Å². The predicted octanol–water partition coefficient (Wildman–Crippen LogP) is 1.29. The third-order valence-electron chi connectivity index (χ3n) is 1.52. The Morgan fingerprint density at radius 1 is 1.67 bits per heavy atom. The van der Waals surface area contributed by atoms with Gasteiger partial charge in [0.2, 0.25) is 5.91 Å². The van der Waals surface area contributed by atoms with Crippen LogP contribution in [0.2, 0.25) is 0 Å². The molecule has 0 aliphatic rings. The maximum Gasteiger partial charge on any atom is 0.241 e. The lowest BCUT2D eigenvalue weighted by atomic mass is 10.3. The van der Waals surface area contributed by atoms with Crippen LogP contribution in [-0.2, 0) is 4.79 Å². The lowest BCUT2D eigenvalue weighted by Crippen LogP contribution is -2.34. The summed E-state index contributed by atoms with van der Waals surface area (Å²) >= 11 is 1.59. The van der Waals surface area contributed by atoms with Crippen LogP contribution in [0.25, 0.3) is 0 Å². The number of nitrogens with one attached hydrogen (secondary N) is 2. The van der Waals surface area contributed by atoms with Crippen molar-refractivity contribution in [2.24, 2.45) is 0 Å². The molecule has 1 rings (SSSR count). The summed E-state index contributed by atoms with van der Waals surface area (Å²) in [4.78, 5) is 11.1. The first-order chi connectivity index (χ1) is 5.74. The highest BCUT2D eigenvalue weighted by molar-refractivity contribution is 7.14. The average Bonchev–Trinajstić information content (AvgIpc) is 2.55. The van der Waals surface area contributed by atoms with Crippen molar-refractivity contribution >= 4 is 22.2 Å². The molecule has 12 heavy (non-hydrogen) atoms. The highest BCUT2D eigenvalue weighted by Gasteiger charge is 2.09. The van der Waals surface area contributed by atoms with Crippen molar-refractivity contribution in [3.05, 3.63) is 17.5 Å². The summed E-state index contributed by atoms with van der Waals surface area (Å²) in [6.45, 7) is 1.83. The second-order valence-electron chi connectivity index (χ2n) is 2.46. The zero-order valence-corrected chi connectivity index (χ0v) is 7.94. The second-order valence-corrected chi connectivity index (χ2v) is 3.41. The molecule has 0 saturated carbocycles. The molecule has 0 fully saturated rings. The van der Waals surface area contributed by atoms with E-state index >= 15 is 0 Å². The summed E-state index contributed by atoms with van der Waals surface area (Å²) in [7, 11) is 1.63. The Kier molecular flexibility index (Phi) is 3.10. The van der Waals surface area contributed by atoms with Crippen LogP contribution in [0, 0.1) is 0 Å². The fraction of sp³-hybridized carbons (Fsp3) is 0.375. The second kappa shape index (κ2) is 4.11. The average molecular weight is 184 g/mol. The van der Waals surface area contributed by atoms with Crippen molar-refractivity contribution in [1.82, 2.24) is 5.32 Å². The molecule has 0 radical (unpaired) electrons. The number of hydrogen-bond acceptors (Lipinski definition) is 3. The Balaban J connectivity index is 2.47. The topological polar surface area (TPSA) is 41.1 Å². The largest absolute Gasteiger partial charge is 0.366 e. The van der Waals surface area contributed by atoms with Crippen LogP contribution in [0.3, 0.4) is 0 Å². The highest BCUT2D eigenvalue weighted by atomic mass is 32.1. The van der Waals surface area contributed by atoms with Crippen molar-refractivity contribution in [2.75, 3.05) is 12.4 Å². The summed E-state index contributed by atoms with van der Waals surface area (Å²) in [5.74, 6) is 0.00315. The normalized spacial score (nSPS) is 12.2. The zero-order valence-electron chi connectivity index (χ0n) is 7.13. The first-order valence-electron chi connectivity index (χ1n) is 3.75. The van der Waals surface area contributed by atoms with E-state index in [9.17, 15) is 4.79 Å². The van der Waals surface area contributed by atoms with E-state index in [1.165, 1.54) is 0 Å². The maximum atomic E-state index is 11.1. The van der Waals surface area contributed by atoms with Crippen LogP contribution in [0.1, 0.15) is 6.92 Å². The van der Waals surface area contributed by atoms with E-state index in [1.54, 1.807) is 18.4 Å². The molecular weight excluding hydrogens is 172 g/mol. The minimum Gasteiger partial charge on any atom is -0.366 e. The van der Waals surface area contributed by atoms with Gasteiger partial charge in [-0.05, 0) is 24.4 Å². The van der Waals surface area contributed by atoms with Gasteiger partial charge < -0.3 is 10.6 Å². The van der Waals surface area contributed by atoms with E-state index in [2.05, 4.69) is 10.6 Å². The Bertz CT molecular complexity index is 246. The Hall–Kier alpha value is -1.03. The third kappa shape index (κ3) is 2.23. The van der Waals surface area contributed by atoms with Crippen LogP contribution in [0.5, 0.6) is 0 Å².